The molecule has 0 radical (unpaired) electrons. The van der Waals surface area contributed by atoms with Crippen LogP contribution < -0.4 is 0 Å². The van der Waals surface area contributed by atoms with Gasteiger partial charge in [-0.2, -0.15) is 0 Å². The predicted molar refractivity (Wildman–Crippen MR) is 107 cm³/mol. The van der Waals surface area contributed by atoms with Gasteiger partial charge in [0.1, 0.15) is 0 Å². The second kappa shape index (κ2) is 8.70. The smallest absolute Gasteiger partial charge is 0.258 e. The number of allylic oxidation sites excluding steroid dienone is 5. The van der Waals surface area contributed by atoms with Crippen LogP contribution in [0.1, 0.15) is 43.6 Å². The second-order valence-corrected chi connectivity index (χ2v) is 7.02. The van der Waals surface area contributed by atoms with Crippen LogP contribution in [0.5, 0.6) is 0 Å². The highest BCUT2D eigenvalue weighted by molar-refractivity contribution is 5.99. The summed E-state index contributed by atoms with van der Waals surface area (Å²) in [6.45, 7) is 16.7. The monoisotopic (exact) mass is 351 g/mol. The summed E-state index contributed by atoms with van der Waals surface area (Å²) in [4.78, 5) is 14.5. The first kappa shape index (κ1) is 19.8. The highest BCUT2D eigenvalue weighted by Crippen LogP contribution is 2.28. The van der Waals surface area contributed by atoms with Crippen LogP contribution in [-0.2, 0) is 11.3 Å². The lowest BCUT2D eigenvalue weighted by Crippen LogP contribution is -2.22. The van der Waals surface area contributed by atoms with Gasteiger partial charge < -0.3 is 9.64 Å². The molecule has 1 aliphatic rings. The zero-order valence-corrected chi connectivity index (χ0v) is 16.2. The summed E-state index contributed by atoms with van der Waals surface area (Å²) in [6, 6.07) is 7.74. The van der Waals surface area contributed by atoms with Gasteiger partial charge >= 0.3 is 0 Å². The molecule has 3 nitrogen and oxygen atoms in total. The molecule has 0 aromatic heterocycles. The minimum Gasteiger partial charge on any atom is -0.496 e. The molecule has 3 heteroatoms. The molecule has 0 fully saturated rings. The van der Waals surface area contributed by atoms with Gasteiger partial charge in [0.2, 0.25) is 0 Å². The van der Waals surface area contributed by atoms with Gasteiger partial charge in [-0.1, -0.05) is 57.4 Å². The van der Waals surface area contributed by atoms with Gasteiger partial charge in [0.05, 0.1) is 18.4 Å². The topological polar surface area (TPSA) is 29.5 Å². The van der Waals surface area contributed by atoms with Gasteiger partial charge in [-0.25, -0.2) is 0 Å². The lowest BCUT2D eigenvalue weighted by atomic mass is 9.93. The minimum absolute atomic E-state index is 0.0339. The molecular formula is C23H29NO2. The molecule has 1 amide bonds. The molecule has 1 aromatic rings. The second-order valence-electron chi connectivity index (χ2n) is 7.02. The number of amides is 1. The molecule has 138 valence electrons. The summed E-state index contributed by atoms with van der Waals surface area (Å²) >= 11 is 0. The Morgan fingerprint density at radius 2 is 1.92 bits per heavy atom. The Kier molecular flexibility index (Phi) is 6.62. The molecular weight excluding hydrogens is 322 g/mol. The number of hydrogen-bond donors (Lipinski definition) is 0. The van der Waals surface area contributed by atoms with E-state index in [-0.39, 0.29) is 23.8 Å². The van der Waals surface area contributed by atoms with Crippen LogP contribution in [0.2, 0.25) is 0 Å². The van der Waals surface area contributed by atoms with Crippen LogP contribution in [0.4, 0.5) is 0 Å². The number of rotatable bonds is 8. The Morgan fingerprint density at radius 3 is 2.54 bits per heavy atom. The van der Waals surface area contributed by atoms with E-state index in [4.69, 9.17) is 4.74 Å². The average Bonchev–Trinajstić information content (AvgIpc) is 2.94. The lowest BCUT2D eigenvalue weighted by Gasteiger charge is -2.23. The van der Waals surface area contributed by atoms with Gasteiger partial charge in [0, 0.05) is 17.2 Å². The molecule has 2 rings (SSSR count). The number of hydrogen-bond acceptors (Lipinski definition) is 2. The Labute approximate surface area is 157 Å². The highest BCUT2D eigenvalue weighted by atomic mass is 16.5. The molecule has 1 heterocycles. The van der Waals surface area contributed by atoms with E-state index >= 15 is 0 Å². The van der Waals surface area contributed by atoms with Crippen molar-refractivity contribution in [2.75, 3.05) is 0 Å². The number of carbonyl (C=O) groups is 1. The van der Waals surface area contributed by atoms with Gasteiger partial charge in [-0.3, -0.25) is 4.79 Å². The maximum Gasteiger partial charge on any atom is 0.258 e. The number of benzene rings is 1. The third-order valence-electron chi connectivity index (χ3n) is 4.68. The molecule has 1 aliphatic heterocycles. The maximum atomic E-state index is 12.7. The van der Waals surface area contributed by atoms with Gasteiger partial charge in [0.15, 0.2) is 0 Å². The van der Waals surface area contributed by atoms with Crippen molar-refractivity contribution in [1.82, 2.24) is 4.90 Å². The van der Waals surface area contributed by atoms with Crippen molar-refractivity contribution < 1.29 is 9.53 Å². The van der Waals surface area contributed by atoms with Crippen molar-refractivity contribution in [2.45, 2.75) is 40.3 Å². The Hall–Kier alpha value is -2.55. The first-order valence-electron chi connectivity index (χ1n) is 9.11. The fourth-order valence-electron chi connectivity index (χ4n) is 2.94. The normalized spacial score (nSPS) is 16.7. The molecule has 0 bridgehead atoms. The standard InChI is InChI=1S/C23H29NO2/c1-7-10-21(14-13-17(4)18(5)19(6)26-16(2)3)24-15-20-11-8-9-12-22(20)23(24)25/h7-14,16-18H,1,6,15H2,2-5H3/b14-13-,21-10+. The fourth-order valence-corrected chi connectivity index (χ4v) is 2.94. The van der Waals surface area contributed by atoms with Crippen molar-refractivity contribution >= 4 is 5.91 Å². The van der Waals surface area contributed by atoms with Gasteiger partial charge in [-0.05, 0) is 43.5 Å². The summed E-state index contributed by atoms with van der Waals surface area (Å²) < 4.78 is 5.72. The van der Waals surface area contributed by atoms with Crippen molar-refractivity contribution in [3.05, 3.63) is 84.3 Å². The Morgan fingerprint density at radius 1 is 1.23 bits per heavy atom. The Balaban J connectivity index is 2.13. The molecule has 2 atom stereocenters. The van der Waals surface area contributed by atoms with Crippen molar-refractivity contribution in [2.24, 2.45) is 11.8 Å². The third kappa shape index (κ3) is 4.54. The molecule has 0 N–H and O–H groups in total. The van der Waals surface area contributed by atoms with E-state index in [1.165, 1.54) is 0 Å². The SMILES string of the molecule is C=C/C=C(\C=C/C(C)C(C)C(=C)OC(C)C)N1Cc2ccccc2C1=O. The molecule has 1 aromatic carbocycles. The predicted octanol–water partition coefficient (Wildman–Crippen LogP) is 5.48. The van der Waals surface area contributed by atoms with Crippen molar-refractivity contribution in [1.29, 1.82) is 0 Å². The summed E-state index contributed by atoms with van der Waals surface area (Å²) in [7, 11) is 0. The van der Waals surface area contributed by atoms with E-state index in [1.54, 1.807) is 11.0 Å². The first-order valence-corrected chi connectivity index (χ1v) is 9.11. The van der Waals surface area contributed by atoms with E-state index in [2.05, 4.69) is 33.1 Å². The number of nitrogens with zero attached hydrogens (tertiary/aromatic N) is 1. The van der Waals surface area contributed by atoms with Crippen LogP contribution in [-0.4, -0.2) is 16.9 Å². The number of fused-ring (bicyclic) bond motifs is 1. The first-order chi connectivity index (χ1) is 12.3. The van der Waals surface area contributed by atoms with Crippen LogP contribution in [0, 0.1) is 11.8 Å². The van der Waals surface area contributed by atoms with Crippen LogP contribution in [0.15, 0.2) is 73.2 Å². The summed E-state index contributed by atoms with van der Waals surface area (Å²) in [5.74, 6) is 1.24. The molecule has 0 saturated carbocycles. The van der Waals surface area contributed by atoms with E-state index in [0.29, 0.717) is 6.54 Å². The molecule has 26 heavy (non-hydrogen) atoms. The van der Waals surface area contributed by atoms with Crippen LogP contribution in [0.3, 0.4) is 0 Å². The van der Waals surface area contributed by atoms with Crippen LogP contribution in [0.25, 0.3) is 0 Å². The maximum absolute atomic E-state index is 12.7. The summed E-state index contributed by atoms with van der Waals surface area (Å²) in [6.07, 6.45) is 7.81. The zero-order valence-electron chi connectivity index (χ0n) is 16.2. The number of ether oxygens (including phenoxy) is 1. The lowest BCUT2D eigenvalue weighted by molar-refractivity contribution is 0.0831. The third-order valence-corrected chi connectivity index (χ3v) is 4.68. The van der Waals surface area contributed by atoms with E-state index in [9.17, 15) is 4.79 Å². The van der Waals surface area contributed by atoms with E-state index in [0.717, 1.165) is 22.6 Å². The Bertz CT molecular complexity index is 742. The largest absolute Gasteiger partial charge is 0.496 e. The zero-order chi connectivity index (χ0) is 19.3. The molecule has 0 spiro atoms. The highest BCUT2D eigenvalue weighted by Gasteiger charge is 2.28. The average molecular weight is 351 g/mol. The summed E-state index contributed by atoms with van der Waals surface area (Å²) in [5.41, 5.74) is 2.67. The fraction of sp³-hybridized carbons (Fsp3) is 0.348. The summed E-state index contributed by atoms with van der Waals surface area (Å²) in [5, 5.41) is 0. The van der Waals surface area contributed by atoms with E-state index < -0.39 is 0 Å². The van der Waals surface area contributed by atoms with Gasteiger partial charge in [-0.15, -0.1) is 0 Å². The van der Waals surface area contributed by atoms with Gasteiger partial charge in [0.25, 0.3) is 5.91 Å². The van der Waals surface area contributed by atoms with Crippen molar-refractivity contribution in [3.63, 3.8) is 0 Å². The molecule has 2 unspecified atom stereocenters. The van der Waals surface area contributed by atoms with Crippen LogP contribution >= 0.6 is 0 Å². The molecule has 0 saturated heterocycles. The molecule has 0 aliphatic carbocycles. The minimum atomic E-state index is 0.0339. The number of carbonyl (C=O) groups excluding carboxylic acids is 1. The van der Waals surface area contributed by atoms with E-state index in [1.807, 2.05) is 50.3 Å². The van der Waals surface area contributed by atoms with Crippen molar-refractivity contribution in [3.8, 4) is 0 Å². The quantitative estimate of drug-likeness (QED) is 0.458.